The first kappa shape index (κ1) is 59.6. The summed E-state index contributed by atoms with van der Waals surface area (Å²) in [7, 11) is 0. The molecule has 0 aromatic heterocycles. The highest BCUT2D eigenvalue weighted by atomic mass is 16.4. The van der Waals surface area contributed by atoms with Crippen molar-refractivity contribution in [2.45, 2.75) is 148 Å². The lowest BCUT2D eigenvalue weighted by Crippen LogP contribution is -2.61. The van der Waals surface area contributed by atoms with Crippen molar-refractivity contribution < 1.29 is 92.7 Å². The molecule has 0 spiro atoms. The van der Waals surface area contributed by atoms with E-state index in [9.17, 15) is 82.4 Å². The second kappa shape index (κ2) is 29.2. The molecule has 28 nitrogen and oxygen atoms in total. The van der Waals surface area contributed by atoms with Gasteiger partial charge in [0, 0.05) is 32.6 Å². The minimum absolute atomic E-state index is 0.326. The molecule has 0 aromatic carbocycles. The van der Waals surface area contributed by atoms with Gasteiger partial charge in [-0.2, -0.15) is 0 Å². The minimum Gasteiger partial charge on any atom is -0.481 e. The highest BCUT2D eigenvalue weighted by molar-refractivity contribution is 5.98. The van der Waals surface area contributed by atoms with Gasteiger partial charge in [0.15, 0.2) is 0 Å². The van der Waals surface area contributed by atoms with Gasteiger partial charge in [-0.1, -0.05) is 27.7 Å². The van der Waals surface area contributed by atoms with Crippen molar-refractivity contribution in [3.63, 3.8) is 0 Å². The zero-order valence-electron chi connectivity index (χ0n) is 37.7. The summed E-state index contributed by atoms with van der Waals surface area (Å²) in [6.07, 6.45) is -5.81. The Balaban J connectivity index is 6.43. The third kappa shape index (κ3) is 23.9. The maximum absolute atomic E-state index is 13.7. The number of carboxylic acids is 5. The van der Waals surface area contributed by atoms with Crippen LogP contribution in [0.3, 0.4) is 0 Å². The van der Waals surface area contributed by atoms with Crippen LogP contribution in [0.5, 0.6) is 0 Å². The second-order valence-corrected chi connectivity index (χ2v) is 15.9. The molecule has 0 radical (unpaired) electrons. The van der Waals surface area contributed by atoms with Gasteiger partial charge in [-0.15, -0.1) is 0 Å². The maximum Gasteiger partial charge on any atom is 0.326 e. The summed E-state index contributed by atoms with van der Waals surface area (Å²) >= 11 is 0. The van der Waals surface area contributed by atoms with Crippen molar-refractivity contribution in [2.75, 3.05) is 0 Å². The van der Waals surface area contributed by atoms with Crippen molar-refractivity contribution in [1.29, 1.82) is 0 Å². The normalized spacial score (nSPS) is 14.4. The third-order valence-corrected chi connectivity index (χ3v) is 9.45. The van der Waals surface area contributed by atoms with Crippen molar-refractivity contribution in [3.05, 3.63) is 0 Å². The fourth-order valence-electron chi connectivity index (χ4n) is 5.84. The van der Waals surface area contributed by atoms with E-state index in [0.29, 0.717) is 0 Å². The molecule has 0 fully saturated rings. The molecule has 0 saturated heterocycles. The molecule has 0 aliphatic rings. The summed E-state index contributed by atoms with van der Waals surface area (Å²) in [5.74, 6) is -18.2. The van der Waals surface area contributed by atoms with Crippen molar-refractivity contribution in [1.82, 2.24) is 42.5 Å². The molecule has 0 aliphatic heterocycles. The number of carboxylic acid groups (broad SMARTS) is 5. The lowest BCUT2D eigenvalue weighted by molar-refractivity contribution is -0.144. The van der Waals surface area contributed by atoms with Crippen molar-refractivity contribution in [3.8, 4) is 0 Å². The topological polar surface area (TPSA) is 462 Å². The van der Waals surface area contributed by atoms with Gasteiger partial charge in [-0.05, 0) is 44.4 Å². The predicted octanol–water partition coefficient (Wildman–Crippen LogP) is -4.36. The van der Waals surface area contributed by atoms with Gasteiger partial charge in [0.05, 0.1) is 6.42 Å². The van der Waals surface area contributed by atoms with Gasteiger partial charge < -0.3 is 73.8 Å². The summed E-state index contributed by atoms with van der Waals surface area (Å²) < 4.78 is 0. The monoisotopic (exact) mass is 959 g/mol. The Hall–Kier alpha value is -7.42. The number of aliphatic carboxylic acids is 5. The van der Waals surface area contributed by atoms with E-state index in [2.05, 4.69) is 37.2 Å². The first-order valence-electron chi connectivity index (χ1n) is 20.7. The summed E-state index contributed by atoms with van der Waals surface area (Å²) in [4.78, 5) is 174. The molecule has 8 atom stereocenters. The first-order chi connectivity index (χ1) is 31.0. The van der Waals surface area contributed by atoms with Gasteiger partial charge in [0.25, 0.3) is 0 Å². The Morgan fingerprint density at radius 2 is 0.672 bits per heavy atom. The number of nitrogens with one attached hydrogen (secondary N) is 8. The van der Waals surface area contributed by atoms with Gasteiger partial charge in [0.1, 0.15) is 48.3 Å². The van der Waals surface area contributed by atoms with Gasteiger partial charge in [-0.3, -0.25) is 62.3 Å². The fraction of sp³-hybridized carbons (Fsp3) is 0.641. The predicted molar refractivity (Wildman–Crippen MR) is 225 cm³/mol. The van der Waals surface area contributed by atoms with Crippen molar-refractivity contribution >= 4 is 83.0 Å². The van der Waals surface area contributed by atoms with E-state index in [1.807, 2.05) is 5.32 Å². The number of rotatable bonds is 32. The van der Waals surface area contributed by atoms with Crippen LogP contribution in [0.2, 0.25) is 0 Å². The molecule has 0 rings (SSSR count). The van der Waals surface area contributed by atoms with Crippen LogP contribution in [0.25, 0.3) is 0 Å². The number of primary amides is 1. The number of hydrogen-bond donors (Lipinski definition) is 14. The average molecular weight is 960 g/mol. The highest BCUT2D eigenvalue weighted by Gasteiger charge is 2.36. The molecule has 0 saturated carbocycles. The summed E-state index contributed by atoms with van der Waals surface area (Å²) in [5.41, 5.74) is 5.02. The molecule has 28 heteroatoms. The van der Waals surface area contributed by atoms with E-state index in [4.69, 9.17) is 15.9 Å². The summed E-state index contributed by atoms with van der Waals surface area (Å²) in [5, 5.41) is 64.3. The Bertz CT molecular complexity index is 1870. The third-order valence-electron chi connectivity index (χ3n) is 9.45. The molecule has 0 heterocycles. The van der Waals surface area contributed by atoms with Crippen LogP contribution in [0, 0.1) is 11.8 Å². The lowest BCUT2D eigenvalue weighted by atomic mass is 9.98. The van der Waals surface area contributed by atoms with Crippen LogP contribution < -0.4 is 48.3 Å². The molecular formula is C39H61N9O19. The molecule has 376 valence electrons. The number of nitrogens with two attached hydrogens (primary N) is 1. The molecule has 0 aliphatic carbocycles. The quantitative estimate of drug-likeness (QED) is 0.0303. The first-order valence-corrected chi connectivity index (χ1v) is 20.7. The van der Waals surface area contributed by atoms with Gasteiger partial charge in [0.2, 0.25) is 53.2 Å². The van der Waals surface area contributed by atoms with Crippen LogP contribution in [0.15, 0.2) is 0 Å². The van der Waals surface area contributed by atoms with E-state index in [1.54, 1.807) is 0 Å². The van der Waals surface area contributed by atoms with E-state index in [-0.39, 0.29) is 6.42 Å². The summed E-state index contributed by atoms with van der Waals surface area (Å²) in [6, 6.07) is -13.0. The van der Waals surface area contributed by atoms with E-state index in [0.717, 1.165) is 13.8 Å². The molecule has 0 unspecified atom stereocenters. The molecule has 0 bridgehead atoms. The van der Waals surface area contributed by atoms with Crippen LogP contribution in [0.1, 0.15) is 99.3 Å². The Kier molecular flexibility index (Phi) is 26.0. The fourth-order valence-corrected chi connectivity index (χ4v) is 5.84. The molecule has 15 N–H and O–H groups in total. The number of hydrogen-bond acceptors (Lipinski definition) is 14. The molecule has 0 aromatic rings. The Labute approximate surface area is 383 Å². The Morgan fingerprint density at radius 1 is 0.388 bits per heavy atom. The van der Waals surface area contributed by atoms with E-state index < -0.39 is 195 Å². The largest absolute Gasteiger partial charge is 0.481 e. The SMILES string of the molecule is CC(=O)N[C@@H](CCC(=O)O)C(=O)N[C@H](C(=O)N[C@H](C(=O)N[C@@H](CCC(=O)O)C(=O)N[C@@H](CCC(=O)O)C(=O)N[C@@H](C)C(=O)N[C@@H](CCC(=O)O)C(=O)N[C@@H](CC(N)=O)C(=O)O)C(C)C)C(C)C. The number of amides is 9. The van der Waals surface area contributed by atoms with Crippen LogP contribution in [0.4, 0.5) is 0 Å². The van der Waals surface area contributed by atoms with E-state index in [1.165, 1.54) is 27.7 Å². The van der Waals surface area contributed by atoms with E-state index >= 15 is 0 Å². The lowest BCUT2D eigenvalue weighted by Gasteiger charge is -2.29. The molecule has 9 amide bonds. The van der Waals surface area contributed by atoms with Crippen LogP contribution in [-0.4, -0.2) is 157 Å². The minimum atomic E-state index is -1.86. The molecule has 67 heavy (non-hydrogen) atoms. The van der Waals surface area contributed by atoms with Crippen LogP contribution >= 0.6 is 0 Å². The summed E-state index contributed by atoms with van der Waals surface area (Å²) in [6.45, 7) is 8.19. The molecular weight excluding hydrogens is 898 g/mol. The number of carbonyl (C=O) groups is 14. The smallest absolute Gasteiger partial charge is 0.326 e. The maximum atomic E-state index is 13.7. The second-order valence-electron chi connectivity index (χ2n) is 15.9. The zero-order chi connectivity index (χ0) is 51.9. The average Bonchev–Trinajstić information content (AvgIpc) is 3.20. The van der Waals surface area contributed by atoms with Gasteiger partial charge >= 0.3 is 29.8 Å². The zero-order valence-corrected chi connectivity index (χ0v) is 37.7. The standard InChI is InChI=1S/C39H61N9O19/c1-16(2)30(48-38(65)31(17(3)4)47-36(63)20(42-19(6)49)7-11-26(51)52)37(64)45-23(10-14-29(57)58)34(61)44-21(8-12-27(53)54)33(60)41-18(5)32(59)43-22(9-13-28(55)56)35(62)46-24(39(66)67)15-25(40)50/h16-18,20-24,30-31H,7-15H2,1-6H3,(H2,40,50)(H,41,60)(H,42,49)(H,43,59)(H,44,61)(H,45,64)(H,46,62)(H,47,63)(H,48,65)(H,51,52)(H,53,54)(H,55,56)(H,57,58)(H,66,67)/t18-,20-,21-,22-,23-,24-,30-,31-/m0/s1. The van der Waals surface area contributed by atoms with Crippen LogP contribution in [-0.2, 0) is 67.1 Å². The number of carbonyl (C=O) groups excluding carboxylic acids is 9. The Morgan fingerprint density at radius 3 is 1.00 bits per heavy atom. The highest BCUT2D eigenvalue weighted by Crippen LogP contribution is 2.11. The van der Waals surface area contributed by atoms with Gasteiger partial charge in [-0.25, -0.2) is 4.79 Å². The van der Waals surface area contributed by atoms with Crippen molar-refractivity contribution in [2.24, 2.45) is 17.6 Å².